The number of carbonyl (C=O) groups excluding carboxylic acids is 1. The van der Waals surface area contributed by atoms with Gasteiger partial charge in [0, 0.05) is 11.8 Å². The third-order valence-corrected chi connectivity index (χ3v) is 7.62. The van der Waals surface area contributed by atoms with Gasteiger partial charge in [0.25, 0.3) is 0 Å². The van der Waals surface area contributed by atoms with E-state index in [1.165, 1.54) is 36.4 Å². The van der Waals surface area contributed by atoms with Gasteiger partial charge in [-0.25, -0.2) is 9.18 Å². The molecule has 4 rings (SSSR count). The fourth-order valence-corrected chi connectivity index (χ4v) is 5.22. The summed E-state index contributed by atoms with van der Waals surface area (Å²) < 4.78 is 45.7. The van der Waals surface area contributed by atoms with Gasteiger partial charge in [-0.15, -0.1) is 0 Å². The van der Waals surface area contributed by atoms with Gasteiger partial charge in [0.1, 0.15) is 11.7 Å². The largest absolute Gasteiger partial charge is 0.618 e. The molecule has 218 valence electrons. The highest BCUT2D eigenvalue weighted by atomic mass is 35.5. The SMILES string of the molecule is CC1(O)CCC(CC(C(=O)Nc2ccc(C(=O)O)cc2)c2ccc(-c3c(OC(F)F)ccc(Cl)c3F)c[n+]2[O-])CC1. The zero-order chi connectivity index (χ0) is 29.9. The Hall–Kier alpha value is -3.83. The van der Waals surface area contributed by atoms with Crippen LogP contribution in [0.1, 0.15) is 61.0 Å². The van der Waals surface area contributed by atoms with Gasteiger partial charge in [-0.05, 0) is 87.4 Å². The molecular weight excluding hydrogens is 565 g/mol. The number of anilines is 1. The molecule has 3 N–H and O–H groups in total. The highest BCUT2D eigenvalue weighted by molar-refractivity contribution is 6.31. The molecule has 12 heteroatoms. The maximum absolute atomic E-state index is 14.9. The first-order valence-corrected chi connectivity index (χ1v) is 13.3. The van der Waals surface area contributed by atoms with Crippen LogP contribution in [0.2, 0.25) is 5.02 Å². The number of carbonyl (C=O) groups is 2. The van der Waals surface area contributed by atoms with Crippen LogP contribution in [0.15, 0.2) is 54.7 Å². The molecule has 0 aliphatic heterocycles. The molecule has 0 radical (unpaired) electrons. The fourth-order valence-electron chi connectivity index (χ4n) is 5.06. The van der Waals surface area contributed by atoms with Crippen LogP contribution in [0.25, 0.3) is 11.1 Å². The topological polar surface area (TPSA) is 123 Å². The van der Waals surface area contributed by atoms with Gasteiger partial charge in [-0.1, -0.05) is 11.6 Å². The number of amides is 1. The average Bonchev–Trinajstić information content (AvgIpc) is 2.90. The Bertz CT molecular complexity index is 1420. The maximum atomic E-state index is 14.9. The Morgan fingerprint density at radius 2 is 1.80 bits per heavy atom. The molecular formula is C29H28ClF3N2O6. The first kappa shape index (κ1) is 30.1. The van der Waals surface area contributed by atoms with E-state index in [0.717, 1.165) is 18.3 Å². The monoisotopic (exact) mass is 592 g/mol. The quantitative estimate of drug-likeness (QED) is 0.203. The predicted octanol–water partition coefficient (Wildman–Crippen LogP) is 6.13. The van der Waals surface area contributed by atoms with Crippen LogP contribution in [0.5, 0.6) is 5.75 Å². The van der Waals surface area contributed by atoms with Crippen molar-refractivity contribution in [2.75, 3.05) is 5.32 Å². The van der Waals surface area contributed by atoms with E-state index in [1.54, 1.807) is 6.92 Å². The summed E-state index contributed by atoms with van der Waals surface area (Å²) in [6, 6.07) is 10.3. The van der Waals surface area contributed by atoms with Crippen molar-refractivity contribution in [3.63, 3.8) is 0 Å². The van der Waals surface area contributed by atoms with Gasteiger partial charge in [-0.3, -0.25) is 4.79 Å². The number of carboxylic acid groups (broad SMARTS) is 1. The molecule has 2 aromatic carbocycles. The van der Waals surface area contributed by atoms with Gasteiger partial charge < -0.3 is 25.5 Å². The molecule has 3 aromatic rings. The summed E-state index contributed by atoms with van der Waals surface area (Å²) in [6.45, 7) is -1.50. The molecule has 1 atom stereocenters. The van der Waals surface area contributed by atoms with E-state index in [9.17, 15) is 33.1 Å². The fraction of sp³-hybridized carbons (Fsp3) is 0.345. The predicted molar refractivity (Wildman–Crippen MR) is 144 cm³/mol. The van der Waals surface area contributed by atoms with Crippen molar-refractivity contribution < 1.29 is 42.4 Å². The number of rotatable bonds is 9. The highest BCUT2D eigenvalue weighted by Crippen LogP contribution is 2.39. The molecule has 41 heavy (non-hydrogen) atoms. The van der Waals surface area contributed by atoms with E-state index in [0.29, 0.717) is 36.1 Å². The number of aromatic carboxylic acids is 1. The Kier molecular flexibility index (Phi) is 9.08. The van der Waals surface area contributed by atoms with Crippen LogP contribution in [-0.2, 0) is 4.79 Å². The molecule has 1 aromatic heterocycles. The number of pyridine rings is 1. The number of ether oxygens (including phenoxy) is 1. The van der Waals surface area contributed by atoms with Crippen LogP contribution in [0, 0.1) is 16.9 Å². The lowest BCUT2D eigenvalue weighted by Crippen LogP contribution is -2.39. The highest BCUT2D eigenvalue weighted by Gasteiger charge is 2.35. The van der Waals surface area contributed by atoms with E-state index in [2.05, 4.69) is 10.1 Å². The summed E-state index contributed by atoms with van der Waals surface area (Å²) in [5.74, 6) is -4.18. The zero-order valence-corrected chi connectivity index (χ0v) is 22.7. The van der Waals surface area contributed by atoms with Gasteiger partial charge in [-0.2, -0.15) is 13.5 Å². The third kappa shape index (κ3) is 7.28. The van der Waals surface area contributed by atoms with Gasteiger partial charge in [0.15, 0.2) is 12.0 Å². The van der Waals surface area contributed by atoms with Crippen molar-refractivity contribution in [3.8, 4) is 16.9 Å². The van der Waals surface area contributed by atoms with E-state index in [4.69, 9.17) is 16.7 Å². The van der Waals surface area contributed by atoms with Gasteiger partial charge in [0.2, 0.25) is 11.6 Å². The molecule has 8 nitrogen and oxygen atoms in total. The summed E-state index contributed by atoms with van der Waals surface area (Å²) in [7, 11) is 0. The lowest BCUT2D eigenvalue weighted by Gasteiger charge is -2.34. The van der Waals surface area contributed by atoms with Crippen molar-refractivity contribution >= 4 is 29.2 Å². The second kappa shape index (κ2) is 12.4. The molecule has 1 unspecified atom stereocenters. The number of nitrogens with zero attached hydrogens (tertiary/aromatic N) is 1. The molecule has 0 saturated heterocycles. The number of alkyl halides is 2. The van der Waals surface area contributed by atoms with E-state index < -0.39 is 47.1 Å². The van der Waals surface area contributed by atoms with Crippen molar-refractivity contribution in [1.29, 1.82) is 0 Å². The van der Waals surface area contributed by atoms with Gasteiger partial charge in [0.05, 0.1) is 27.3 Å². The maximum Gasteiger partial charge on any atom is 0.387 e. The third-order valence-electron chi connectivity index (χ3n) is 7.33. The van der Waals surface area contributed by atoms with E-state index >= 15 is 0 Å². The molecule has 1 aliphatic carbocycles. The Labute approximate surface area is 238 Å². The number of hydrogen-bond acceptors (Lipinski definition) is 5. The lowest BCUT2D eigenvalue weighted by molar-refractivity contribution is -0.614. The van der Waals surface area contributed by atoms with Gasteiger partial charge >= 0.3 is 12.6 Å². The van der Waals surface area contributed by atoms with Crippen molar-refractivity contribution in [2.24, 2.45) is 5.92 Å². The standard InChI is InChI=1S/C29H28ClF3N2O6/c1-29(39)12-10-16(11-13-29)14-20(26(36)34-19-5-2-17(3-6-19)27(37)38)22-8-4-18(15-35(22)40)24-23(41-28(32)33)9-7-21(30)25(24)31/h2-9,15-16,20,28,39H,10-14H2,1H3,(H,34,36)(H,37,38). The second-order valence-corrected chi connectivity index (χ2v) is 10.8. The first-order valence-electron chi connectivity index (χ1n) is 12.9. The van der Waals surface area contributed by atoms with Crippen LogP contribution in [-0.4, -0.2) is 34.3 Å². The number of halogens is 4. The Morgan fingerprint density at radius 3 is 2.39 bits per heavy atom. The number of nitrogens with one attached hydrogen (secondary N) is 1. The minimum atomic E-state index is -3.25. The summed E-state index contributed by atoms with van der Waals surface area (Å²) in [6.07, 6.45) is 3.55. The van der Waals surface area contributed by atoms with Crippen LogP contribution >= 0.6 is 11.6 Å². The first-order chi connectivity index (χ1) is 19.3. The molecule has 1 heterocycles. The minimum absolute atomic E-state index is 0.0106. The van der Waals surface area contributed by atoms with Crippen LogP contribution in [0.4, 0.5) is 18.9 Å². The van der Waals surface area contributed by atoms with Crippen molar-refractivity contribution in [3.05, 3.63) is 82.0 Å². The van der Waals surface area contributed by atoms with Crippen molar-refractivity contribution in [2.45, 2.75) is 57.2 Å². The summed E-state index contributed by atoms with van der Waals surface area (Å²) >= 11 is 5.86. The second-order valence-electron chi connectivity index (χ2n) is 10.4. The zero-order valence-electron chi connectivity index (χ0n) is 22.0. The Balaban J connectivity index is 1.68. The number of hydrogen-bond donors (Lipinski definition) is 3. The number of carboxylic acids is 1. The number of benzene rings is 2. The molecule has 1 saturated carbocycles. The van der Waals surface area contributed by atoms with Crippen LogP contribution < -0.4 is 14.8 Å². The molecule has 1 amide bonds. The number of aromatic nitrogens is 1. The van der Waals surface area contributed by atoms with Crippen LogP contribution in [0.3, 0.4) is 0 Å². The number of aliphatic hydroxyl groups is 1. The molecule has 1 aliphatic rings. The molecule has 1 fully saturated rings. The summed E-state index contributed by atoms with van der Waals surface area (Å²) in [5, 5.41) is 35.1. The van der Waals surface area contributed by atoms with E-state index in [1.807, 2.05) is 0 Å². The lowest BCUT2D eigenvalue weighted by atomic mass is 9.75. The molecule has 0 spiro atoms. The Morgan fingerprint density at radius 1 is 1.15 bits per heavy atom. The summed E-state index contributed by atoms with van der Waals surface area (Å²) in [4.78, 5) is 24.7. The van der Waals surface area contributed by atoms with E-state index in [-0.39, 0.29) is 34.2 Å². The minimum Gasteiger partial charge on any atom is -0.618 e. The normalized spacial score (nSPS) is 19.5. The smallest absolute Gasteiger partial charge is 0.387 e. The molecule has 0 bridgehead atoms. The average molecular weight is 593 g/mol. The van der Waals surface area contributed by atoms with Crippen molar-refractivity contribution in [1.82, 2.24) is 0 Å². The summed E-state index contributed by atoms with van der Waals surface area (Å²) in [5.41, 5.74) is -0.936.